The van der Waals surface area contributed by atoms with Gasteiger partial charge in [0, 0.05) is 60.4 Å². The lowest BCUT2D eigenvalue weighted by Crippen LogP contribution is -1.97. The van der Waals surface area contributed by atoms with Crippen molar-refractivity contribution in [3.63, 3.8) is 0 Å². The molecule has 5 heteroatoms. The third kappa shape index (κ3) is 5.71. The molecule has 4 aromatic heterocycles. The fourth-order valence-corrected chi connectivity index (χ4v) is 11.2. The Morgan fingerprint density at radius 2 is 0.739 bits per heavy atom. The minimum Gasteiger partial charge on any atom is -0.456 e. The Kier molecular flexibility index (Phi) is 8.00. The Balaban J connectivity index is 0.902. The summed E-state index contributed by atoms with van der Waals surface area (Å²) in [6.45, 7) is 0. The van der Waals surface area contributed by atoms with Gasteiger partial charge in [-0.05, 0) is 105 Å². The van der Waals surface area contributed by atoms with E-state index < -0.39 is 0 Å². The number of fused-ring (bicyclic) bond motifs is 15. The van der Waals surface area contributed by atoms with Gasteiger partial charge in [0.15, 0.2) is 5.82 Å². The predicted octanol–water partition coefficient (Wildman–Crippen LogP) is 17.0. The van der Waals surface area contributed by atoms with Gasteiger partial charge in [-0.3, -0.25) is 0 Å². The second kappa shape index (κ2) is 14.6. The minimum absolute atomic E-state index is 0.702. The minimum atomic E-state index is 0.702. The Morgan fingerprint density at radius 1 is 0.261 bits per heavy atom. The molecule has 0 unspecified atom stereocenters. The highest BCUT2D eigenvalue weighted by atomic mass is 16.3. The maximum Gasteiger partial charge on any atom is 0.160 e. The van der Waals surface area contributed by atoms with Gasteiger partial charge in [0.1, 0.15) is 11.2 Å². The first kappa shape index (κ1) is 37.9. The zero-order valence-corrected chi connectivity index (χ0v) is 37.1. The van der Waals surface area contributed by atoms with Gasteiger partial charge in [-0.25, -0.2) is 9.97 Å². The smallest absolute Gasteiger partial charge is 0.160 e. The van der Waals surface area contributed by atoms with Crippen LogP contribution in [0.15, 0.2) is 235 Å². The van der Waals surface area contributed by atoms with Gasteiger partial charge in [0.2, 0.25) is 0 Å². The third-order valence-corrected chi connectivity index (χ3v) is 14.3. The van der Waals surface area contributed by atoms with Crippen LogP contribution in [0.25, 0.3) is 143 Å². The quantitative estimate of drug-likeness (QED) is 0.162. The number of hydrogen-bond donors (Lipinski definition) is 0. The normalized spacial score (nSPS) is 12.1. The molecule has 0 N–H and O–H groups in total. The molecule has 4 heterocycles. The van der Waals surface area contributed by atoms with Crippen molar-refractivity contribution in [1.82, 2.24) is 19.1 Å². The lowest BCUT2D eigenvalue weighted by Gasteiger charge is -2.15. The number of benzene rings is 11. The SMILES string of the molecule is c1ccc(-c2cc(-c3ccccc3)nc(-c3ccc4c5ccc(-n6c7ccccc7c7cc(-n8c9ccccc9c9cc%10oc%11ccccc%11c%10cc98)ccc76)cc5c5ccccc5c4c3)n2)cc1. The summed E-state index contributed by atoms with van der Waals surface area (Å²) in [5, 5.41) is 14.2. The fraction of sp³-hybridized carbons (Fsp3) is 0. The van der Waals surface area contributed by atoms with Crippen LogP contribution in [0.2, 0.25) is 0 Å². The zero-order valence-electron chi connectivity index (χ0n) is 37.1. The van der Waals surface area contributed by atoms with Gasteiger partial charge in [-0.1, -0.05) is 158 Å². The summed E-state index contributed by atoms with van der Waals surface area (Å²) in [5.41, 5.74) is 13.6. The van der Waals surface area contributed by atoms with Crippen molar-refractivity contribution >= 4 is 97.9 Å². The van der Waals surface area contributed by atoms with Crippen LogP contribution < -0.4 is 0 Å². The summed E-state index contributed by atoms with van der Waals surface area (Å²) in [6, 6.07) is 82.7. The second-order valence-corrected chi connectivity index (χ2v) is 18.1. The van der Waals surface area contributed by atoms with Crippen LogP contribution in [-0.4, -0.2) is 19.1 Å². The molecule has 320 valence electrons. The zero-order chi connectivity index (χ0) is 45.2. The van der Waals surface area contributed by atoms with Crippen molar-refractivity contribution in [3.05, 3.63) is 231 Å². The maximum absolute atomic E-state index is 6.38. The molecule has 69 heavy (non-hydrogen) atoms. The van der Waals surface area contributed by atoms with E-state index in [1.807, 2.05) is 18.2 Å². The van der Waals surface area contributed by atoms with Crippen molar-refractivity contribution in [2.45, 2.75) is 0 Å². The molecule has 0 spiro atoms. The molecule has 0 aliphatic heterocycles. The molecule has 11 aromatic carbocycles. The standard InChI is InChI=1S/C64H38N4O/c1-3-15-39(16-4-1)56-38-57(40-17-5-2-6-18-40)66-64(65-56)41-27-30-46-47-31-28-42(34-52(47)45-20-8-7-19-44(45)51(46)33-41)67-58-24-12-9-21-48(58)53-35-43(29-32-60(53)67)68-59-25-13-10-22-49(59)54-37-63-55(36-61(54)68)50-23-11-14-26-62(50)69-63/h1-38H. The average Bonchev–Trinajstić information content (AvgIpc) is 4.07. The summed E-state index contributed by atoms with van der Waals surface area (Å²) in [6.07, 6.45) is 0. The van der Waals surface area contributed by atoms with E-state index in [4.69, 9.17) is 14.4 Å². The van der Waals surface area contributed by atoms with Crippen molar-refractivity contribution in [1.29, 1.82) is 0 Å². The van der Waals surface area contributed by atoms with Gasteiger partial charge >= 0.3 is 0 Å². The number of hydrogen-bond acceptors (Lipinski definition) is 3. The van der Waals surface area contributed by atoms with Crippen molar-refractivity contribution in [2.75, 3.05) is 0 Å². The first-order valence-electron chi connectivity index (χ1n) is 23.5. The summed E-state index contributed by atoms with van der Waals surface area (Å²) in [5.74, 6) is 0.702. The molecular weight excluding hydrogens is 841 g/mol. The van der Waals surface area contributed by atoms with Crippen LogP contribution in [0, 0.1) is 0 Å². The molecule has 0 aliphatic carbocycles. The molecule has 0 radical (unpaired) electrons. The lowest BCUT2D eigenvalue weighted by atomic mass is 9.92. The van der Waals surface area contributed by atoms with E-state index in [2.05, 4.69) is 221 Å². The highest BCUT2D eigenvalue weighted by Crippen LogP contribution is 2.43. The number of aromatic nitrogens is 4. The number of nitrogens with zero attached hydrogens (tertiary/aromatic N) is 4. The third-order valence-electron chi connectivity index (χ3n) is 14.3. The van der Waals surface area contributed by atoms with Gasteiger partial charge in [0.25, 0.3) is 0 Å². The van der Waals surface area contributed by atoms with Crippen LogP contribution in [0.4, 0.5) is 0 Å². The van der Waals surface area contributed by atoms with Crippen LogP contribution >= 0.6 is 0 Å². The van der Waals surface area contributed by atoms with E-state index >= 15 is 0 Å². The van der Waals surface area contributed by atoms with E-state index in [1.54, 1.807) is 0 Å². The second-order valence-electron chi connectivity index (χ2n) is 18.1. The van der Waals surface area contributed by atoms with E-state index in [9.17, 15) is 0 Å². The highest BCUT2D eigenvalue weighted by molar-refractivity contribution is 6.26. The van der Waals surface area contributed by atoms with Crippen LogP contribution in [0.3, 0.4) is 0 Å². The number of furan rings is 1. The molecule has 0 saturated heterocycles. The van der Waals surface area contributed by atoms with E-state index in [1.165, 1.54) is 64.9 Å². The molecule has 0 aliphatic rings. The van der Waals surface area contributed by atoms with Crippen molar-refractivity contribution in [2.24, 2.45) is 0 Å². The highest BCUT2D eigenvalue weighted by Gasteiger charge is 2.20. The van der Waals surface area contributed by atoms with E-state index in [0.29, 0.717) is 5.82 Å². The molecule has 0 amide bonds. The molecule has 15 rings (SSSR count). The van der Waals surface area contributed by atoms with E-state index in [0.717, 1.165) is 72.4 Å². The Hall–Kier alpha value is -9.32. The monoisotopic (exact) mass is 878 g/mol. The number of rotatable bonds is 5. The maximum atomic E-state index is 6.38. The number of para-hydroxylation sites is 3. The summed E-state index contributed by atoms with van der Waals surface area (Å²) in [4.78, 5) is 10.4. The molecular formula is C64H38N4O. The van der Waals surface area contributed by atoms with Gasteiger partial charge < -0.3 is 13.6 Å². The first-order valence-corrected chi connectivity index (χ1v) is 23.5. The Bertz CT molecular complexity index is 4520. The van der Waals surface area contributed by atoms with Crippen LogP contribution in [0.5, 0.6) is 0 Å². The van der Waals surface area contributed by atoms with Crippen LogP contribution in [0.1, 0.15) is 0 Å². The summed E-state index contributed by atoms with van der Waals surface area (Å²) >= 11 is 0. The lowest BCUT2D eigenvalue weighted by molar-refractivity contribution is 0.669. The fourth-order valence-electron chi connectivity index (χ4n) is 11.2. The molecule has 0 saturated carbocycles. The molecule has 0 atom stereocenters. The molecule has 5 nitrogen and oxygen atoms in total. The van der Waals surface area contributed by atoms with Crippen LogP contribution in [-0.2, 0) is 0 Å². The molecule has 0 fully saturated rings. The Morgan fingerprint density at radius 3 is 1.41 bits per heavy atom. The van der Waals surface area contributed by atoms with Gasteiger partial charge in [0.05, 0.1) is 33.5 Å². The van der Waals surface area contributed by atoms with E-state index in [-0.39, 0.29) is 0 Å². The topological polar surface area (TPSA) is 48.8 Å². The predicted molar refractivity (Wildman–Crippen MR) is 287 cm³/mol. The summed E-state index contributed by atoms with van der Waals surface area (Å²) in [7, 11) is 0. The average molecular weight is 879 g/mol. The summed E-state index contributed by atoms with van der Waals surface area (Å²) < 4.78 is 11.2. The Labute approximate surface area is 395 Å². The molecule has 15 aromatic rings. The van der Waals surface area contributed by atoms with Crippen molar-refractivity contribution in [3.8, 4) is 45.3 Å². The first-order chi connectivity index (χ1) is 34.2. The van der Waals surface area contributed by atoms with Crippen molar-refractivity contribution < 1.29 is 4.42 Å². The largest absolute Gasteiger partial charge is 0.456 e. The van der Waals surface area contributed by atoms with Gasteiger partial charge in [-0.15, -0.1) is 0 Å². The molecule has 0 bridgehead atoms. The van der Waals surface area contributed by atoms with Gasteiger partial charge in [-0.2, -0.15) is 0 Å².